The molecular formula is C28H26N4O2S. The molecule has 0 amide bonds. The molecule has 35 heavy (non-hydrogen) atoms. The van der Waals surface area contributed by atoms with Crippen molar-refractivity contribution < 1.29 is 9.90 Å². The zero-order valence-electron chi connectivity index (χ0n) is 19.7. The van der Waals surface area contributed by atoms with Crippen LogP contribution in [0.1, 0.15) is 43.9 Å². The van der Waals surface area contributed by atoms with Gasteiger partial charge in [0, 0.05) is 29.0 Å². The van der Waals surface area contributed by atoms with E-state index in [-0.39, 0.29) is 16.9 Å². The molecule has 1 aromatic heterocycles. The van der Waals surface area contributed by atoms with E-state index < -0.39 is 6.04 Å². The van der Waals surface area contributed by atoms with E-state index in [1.165, 1.54) is 5.56 Å². The maximum absolute atomic E-state index is 13.6. The van der Waals surface area contributed by atoms with Crippen LogP contribution in [0.15, 0.2) is 83.2 Å². The molecule has 7 heteroatoms. The highest BCUT2D eigenvalue weighted by molar-refractivity contribution is 7.98. The molecule has 0 radical (unpaired) electrons. The second kappa shape index (κ2) is 8.27. The fourth-order valence-electron chi connectivity index (χ4n) is 5.21. The van der Waals surface area contributed by atoms with Crippen molar-refractivity contribution >= 4 is 34.3 Å². The number of ketones is 1. The number of aromatic nitrogens is 3. The number of carbonyl (C=O) groups is 1. The molecule has 2 N–H and O–H groups in total. The first-order chi connectivity index (χ1) is 16.9. The fourth-order valence-corrected chi connectivity index (χ4v) is 6.00. The average Bonchev–Trinajstić information content (AvgIpc) is 3.24. The summed E-state index contributed by atoms with van der Waals surface area (Å²) in [4.78, 5) is 18.3. The lowest BCUT2D eigenvalue weighted by Crippen LogP contribution is -2.36. The molecular weight excluding hydrogens is 456 g/mol. The van der Waals surface area contributed by atoms with Gasteiger partial charge in [-0.1, -0.05) is 86.3 Å². The van der Waals surface area contributed by atoms with E-state index >= 15 is 0 Å². The van der Waals surface area contributed by atoms with Gasteiger partial charge in [-0.25, -0.2) is 4.68 Å². The lowest BCUT2D eigenvalue weighted by Gasteiger charge is -2.38. The van der Waals surface area contributed by atoms with E-state index in [4.69, 9.17) is 10.1 Å². The van der Waals surface area contributed by atoms with Gasteiger partial charge in [-0.2, -0.15) is 4.98 Å². The summed E-state index contributed by atoms with van der Waals surface area (Å²) < 4.78 is 1.78. The van der Waals surface area contributed by atoms with Crippen molar-refractivity contribution in [2.45, 2.75) is 43.6 Å². The molecule has 0 bridgehead atoms. The maximum atomic E-state index is 13.6. The third kappa shape index (κ3) is 3.90. The summed E-state index contributed by atoms with van der Waals surface area (Å²) in [6, 6.07) is 21.2. The van der Waals surface area contributed by atoms with Crippen LogP contribution in [0.4, 0.5) is 5.95 Å². The van der Waals surface area contributed by atoms with E-state index in [0.717, 1.165) is 28.6 Å². The van der Waals surface area contributed by atoms with E-state index in [0.29, 0.717) is 28.7 Å². The number of hydrogen-bond donors (Lipinski definition) is 2. The number of anilines is 1. The summed E-state index contributed by atoms with van der Waals surface area (Å²) in [6.45, 7) is 4.22. The molecule has 4 aromatic rings. The summed E-state index contributed by atoms with van der Waals surface area (Å²) in [6.07, 6.45) is 1.19. The van der Waals surface area contributed by atoms with Gasteiger partial charge in [-0.3, -0.25) is 4.79 Å². The number of nitrogens with one attached hydrogen (secondary N) is 1. The Bertz CT molecular complexity index is 1490. The molecule has 0 saturated carbocycles. The highest BCUT2D eigenvalue weighted by Crippen LogP contribution is 2.48. The number of carbonyl (C=O) groups excluding carboxylic acids is 1. The smallest absolute Gasteiger partial charge is 0.227 e. The molecule has 6 rings (SSSR count). The van der Waals surface area contributed by atoms with Crippen molar-refractivity contribution in [1.29, 1.82) is 0 Å². The Kier molecular flexibility index (Phi) is 5.18. The number of phenols is 1. The number of aromatic hydroxyl groups is 1. The molecule has 2 aliphatic rings. The maximum Gasteiger partial charge on any atom is 0.227 e. The Morgan fingerprint density at radius 2 is 1.83 bits per heavy atom. The van der Waals surface area contributed by atoms with Gasteiger partial charge in [0.05, 0.1) is 0 Å². The normalized spacial score (nSPS) is 18.8. The van der Waals surface area contributed by atoms with E-state index in [2.05, 4.69) is 31.3 Å². The summed E-state index contributed by atoms with van der Waals surface area (Å²) in [7, 11) is 0. The van der Waals surface area contributed by atoms with Gasteiger partial charge in [0.1, 0.15) is 11.8 Å². The van der Waals surface area contributed by atoms with Gasteiger partial charge in [0.25, 0.3) is 0 Å². The molecule has 1 aliphatic carbocycles. The predicted octanol–water partition coefficient (Wildman–Crippen LogP) is 6.09. The molecule has 176 valence electrons. The molecule has 0 fully saturated rings. The van der Waals surface area contributed by atoms with Crippen LogP contribution in [0.2, 0.25) is 0 Å². The first-order valence-corrected chi connectivity index (χ1v) is 12.8. The molecule has 0 spiro atoms. The van der Waals surface area contributed by atoms with E-state index in [9.17, 15) is 9.90 Å². The largest absolute Gasteiger partial charge is 0.508 e. The lowest BCUT2D eigenvalue weighted by atomic mass is 9.72. The van der Waals surface area contributed by atoms with Crippen molar-refractivity contribution in [2.75, 3.05) is 5.32 Å². The Hall–Kier alpha value is -3.58. The minimum atomic E-state index is -0.547. The minimum absolute atomic E-state index is 0.0840. The summed E-state index contributed by atoms with van der Waals surface area (Å²) in [5.74, 6) is 1.58. The number of phenolic OH excluding ortho intramolecular Hbond substituents is 1. The lowest BCUT2D eigenvalue weighted by molar-refractivity contribution is -0.118. The Morgan fingerprint density at radius 3 is 2.66 bits per heavy atom. The number of fused-ring (bicyclic) bond motifs is 2. The molecule has 1 atom stereocenters. The van der Waals surface area contributed by atoms with Gasteiger partial charge >= 0.3 is 0 Å². The molecule has 1 unspecified atom stereocenters. The minimum Gasteiger partial charge on any atom is -0.508 e. The zero-order valence-corrected chi connectivity index (χ0v) is 20.5. The number of hydrogen-bond acceptors (Lipinski definition) is 6. The number of thioether (sulfide) groups is 1. The number of allylic oxidation sites excluding steroid dienone is 2. The molecule has 3 aromatic carbocycles. The van der Waals surface area contributed by atoms with Crippen LogP contribution in [-0.4, -0.2) is 25.7 Å². The first-order valence-electron chi connectivity index (χ1n) is 11.8. The monoisotopic (exact) mass is 482 g/mol. The van der Waals surface area contributed by atoms with Crippen LogP contribution in [0, 0.1) is 5.41 Å². The Morgan fingerprint density at radius 1 is 1.06 bits per heavy atom. The number of benzene rings is 3. The van der Waals surface area contributed by atoms with Crippen LogP contribution in [-0.2, 0) is 10.5 Å². The van der Waals surface area contributed by atoms with Crippen molar-refractivity contribution in [3.8, 4) is 5.75 Å². The summed E-state index contributed by atoms with van der Waals surface area (Å²) >= 11 is 1.56. The van der Waals surface area contributed by atoms with Crippen LogP contribution >= 0.6 is 11.8 Å². The molecule has 1 aliphatic heterocycles. The van der Waals surface area contributed by atoms with Gasteiger partial charge in [-0.15, -0.1) is 5.10 Å². The van der Waals surface area contributed by atoms with Crippen molar-refractivity contribution in [3.05, 3.63) is 89.1 Å². The Balaban J connectivity index is 1.50. The zero-order chi connectivity index (χ0) is 24.2. The van der Waals surface area contributed by atoms with Crippen molar-refractivity contribution in [3.63, 3.8) is 0 Å². The highest BCUT2D eigenvalue weighted by Gasteiger charge is 2.43. The van der Waals surface area contributed by atoms with E-state index in [1.807, 2.05) is 48.5 Å². The van der Waals surface area contributed by atoms with Crippen LogP contribution in [0.25, 0.3) is 10.8 Å². The fraction of sp³-hybridized carbons (Fsp3) is 0.250. The second-order valence-corrected chi connectivity index (χ2v) is 11.0. The summed E-state index contributed by atoms with van der Waals surface area (Å²) in [5, 5.41) is 21.9. The number of rotatable bonds is 4. The van der Waals surface area contributed by atoms with Gasteiger partial charge in [0.15, 0.2) is 5.78 Å². The molecule has 0 saturated heterocycles. The van der Waals surface area contributed by atoms with Crippen LogP contribution in [0.3, 0.4) is 0 Å². The van der Waals surface area contributed by atoms with Gasteiger partial charge in [-0.05, 0) is 34.2 Å². The van der Waals surface area contributed by atoms with Crippen molar-refractivity contribution in [1.82, 2.24) is 14.8 Å². The van der Waals surface area contributed by atoms with Crippen LogP contribution < -0.4 is 5.32 Å². The van der Waals surface area contributed by atoms with E-state index in [1.54, 1.807) is 22.5 Å². The molecule has 6 nitrogen and oxygen atoms in total. The number of nitrogens with zero attached hydrogens (tertiary/aromatic N) is 3. The van der Waals surface area contributed by atoms with Crippen molar-refractivity contribution in [2.24, 2.45) is 5.41 Å². The third-order valence-corrected chi connectivity index (χ3v) is 7.65. The number of Topliss-reactive ketones (excluding diaryl/α,β-unsaturated/α-hetero) is 1. The third-order valence-electron chi connectivity index (χ3n) is 6.74. The highest BCUT2D eigenvalue weighted by atomic mass is 32.2. The topological polar surface area (TPSA) is 80.0 Å². The Labute approximate surface area is 208 Å². The van der Waals surface area contributed by atoms with Gasteiger partial charge in [0.2, 0.25) is 11.1 Å². The van der Waals surface area contributed by atoms with Crippen LogP contribution in [0.5, 0.6) is 5.75 Å². The first kappa shape index (κ1) is 21.9. The SMILES string of the molecule is CC1(C)CC(=O)C2=C(C1)Nc1nc(SCc3ccccc3)nn1C2c1c(O)ccc2ccccc12. The predicted molar refractivity (Wildman–Crippen MR) is 138 cm³/mol. The molecule has 2 heterocycles. The second-order valence-electron chi connectivity index (χ2n) is 10.0. The quantitative estimate of drug-likeness (QED) is 0.343. The average molecular weight is 483 g/mol. The van der Waals surface area contributed by atoms with Gasteiger partial charge < -0.3 is 10.4 Å². The summed E-state index contributed by atoms with van der Waals surface area (Å²) in [5.41, 5.74) is 3.28. The standard InChI is InChI=1S/C28H26N4O2S/c1-28(2)14-20-24(22(34)15-28)25(23-19-11-7-6-10-18(19)12-13-21(23)33)32-26(29-20)30-27(31-32)35-16-17-8-4-3-5-9-17/h3-13,25,33H,14-16H2,1-2H3,(H,29,30,31).